The fraction of sp³-hybridized carbons (Fsp3) is 0.0667. The van der Waals surface area contributed by atoms with Gasteiger partial charge in [0.2, 0.25) is 0 Å². The summed E-state index contributed by atoms with van der Waals surface area (Å²) in [6, 6.07) is 13.4. The van der Waals surface area contributed by atoms with Crippen molar-refractivity contribution in [1.82, 2.24) is 0 Å². The Balaban J connectivity index is 2.14. The van der Waals surface area contributed by atoms with Crippen LogP contribution in [-0.2, 0) is 0 Å². The Morgan fingerprint density at radius 3 is 2.63 bits per heavy atom. The number of nitrogens with zero attached hydrogens (tertiary/aromatic N) is 2. The monoisotopic (exact) mass is 269 g/mol. The summed E-state index contributed by atoms with van der Waals surface area (Å²) in [6.45, 7) is 1.99. The molecule has 3 rings (SSSR count). The Morgan fingerprint density at radius 1 is 1.11 bits per heavy atom. The van der Waals surface area contributed by atoms with E-state index < -0.39 is 0 Å². The highest BCUT2D eigenvalue weighted by Crippen LogP contribution is 2.26. The summed E-state index contributed by atoms with van der Waals surface area (Å²) in [5, 5.41) is 0.660. The molecule has 2 aromatic rings. The molecule has 0 spiro atoms. The minimum absolute atomic E-state index is 0.508. The molecule has 0 radical (unpaired) electrons. The average molecular weight is 270 g/mol. The predicted octanol–water partition coefficient (Wildman–Crippen LogP) is 3.45. The lowest BCUT2D eigenvalue weighted by Gasteiger charge is -2.02. The Hall–Kier alpha value is -2.13. The summed E-state index contributed by atoms with van der Waals surface area (Å²) in [5.74, 6) is 1.15. The van der Waals surface area contributed by atoms with Crippen molar-refractivity contribution in [2.24, 2.45) is 15.7 Å². The Bertz CT molecular complexity index is 717. The van der Waals surface area contributed by atoms with Crippen LogP contribution in [0.3, 0.4) is 0 Å². The fourth-order valence-corrected chi connectivity index (χ4v) is 2.20. The van der Waals surface area contributed by atoms with E-state index in [0.717, 1.165) is 22.4 Å². The highest BCUT2D eigenvalue weighted by Gasteiger charge is 2.18. The second-order valence-electron chi connectivity index (χ2n) is 4.41. The molecule has 2 N–H and O–H groups in total. The topological polar surface area (TPSA) is 50.7 Å². The van der Waals surface area contributed by atoms with Crippen molar-refractivity contribution in [3.8, 4) is 0 Å². The zero-order chi connectivity index (χ0) is 13.4. The third kappa shape index (κ3) is 2.13. The molecule has 0 saturated heterocycles. The van der Waals surface area contributed by atoms with Gasteiger partial charge in [0.05, 0.1) is 5.69 Å². The van der Waals surface area contributed by atoms with Crippen LogP contribution in [0.5, 0.6) is 0 Å². The molecule has 19 heavy (non-hydrogen) atoms. The number of amidine groups is 2. The lowest BCUT2D eigenvalue weighted by Crippen LogP contribution is -2.09. The zero-order valence-electron chi connectivity index (χ0n) is 10.4. The van der Waals surface area contributed by atoms with Crippen LogP contribution in [0.1, 0.15) is 16.7 Å². The van der Waals surface area contributed by atoms with Gasteiger partial charge < -0.3 is 5.73 Å². The van der Waals surface area contributed by atoms with Crippen LogP contribution < -0.4 is 5.73 Å². The van der Waals surface area contributed by atoms with Gasteiger partial charge in [0.25, 0.3) is 0 Å². The molecule has 0 fully saturated rings. The standard InChI is InChI=1S/C15H12ClN3/c1-9-6-7-10(16)8-13(9)18-15-12-5-3-2-4-11(12)14(17)19-15/h2-8H,1H3,(H2,17,18,19). The van der Waals surface area contributed by atoms with Crippen molar-refractivity contribution in [2.45, 2.75) is 6.92 Å². The second-order valence-corrected chi connectivity index (χ2v) is 4.85. The smallest absolute Gasteiger partial charge is 0.162 e. The Labute approximate surface area is 116 Å². The lowest BCUT2D eigenvalue weighted by atomic mass is 10.1. The van der Waals surface area contributed by atoms with Gasteiger partial charge in [-0.05, 0) is 24.6 Å². The number of hydrogen-bond donors (Lipinski definition) is 1. The number of aryl methyl sites for hydroxylation is 1. The molecule has 0 atom stereocenters. The molecule has 0 aliphatic carbocycles. The third-order valence-electron chi connectivity index (χ3n) is 3.07. The van der Waals surface area contributed by atoms with E-state index in [0.29, 0.717) is 16.7 Å². The normalized spacial score (nSPS) is 15.5. The lowest BCUT2D eigenvalue weighted by molar-refractivity contribution is 1.38. The van der Waals surface area contributed by atoms with Crippen molar-refractivity contribution in [3.63, 3.8) is 0 Å². The van der Waals surface area contributed by atoms with E-state index in [1.807, 2.05) is 49.4 Å². The van der Waals surface area contributed by atoms with Crippen LogP contribution in [0.25, 0.3) is 0 Å². The largest absolute Gasteiger partial charge is 0.383 e. The van der Waals surface area contributed by atoms with E-state index in [4.69, 9.17) is 17.3 Å². The van der Waals surface area contributed by atoms with Gasteiger partial charge in [0.1, 0.15) is 5.84 Å². The zero-order valence-corrected chi connectivity index (χ0v) is 11.1. The van der Waals surface area contributed by atoms with Crippen molar-refractivity contribution >= 4 is 29.0 Å². The minimum atomic E-state index is 0.508. The summed E-state index contributed by atoms with van der Waals surface area (Å²) in [7, 11) is 0. The van der Waals surface area contributed by atoms with Gasteiger partial charge in [0.15, 0.2) is 5.84 Å². The van der Waals surface area contributed by atoms with Crippen molar-refractivity contribution < 1.29 is 0 Å². The fourth-order valence-electron chi connectivity index (χ4n) is 2.04. The van der Waals surface area contributed by atoms with E-state index in [1.165, 1.54) is 0 Å². The minimum Gasteiger partial charge on any atom is -0.383 e. The van der Waals surface area contributed by atoms with Crippen LogP contribution in [0.4, 0.5) is 5.69 Å². The summed E-state index contributed by atoms with van der Waals surface area (Å²) >= 11 is 6.00. The summed E-state index contributed by atoms with van der Waals surface area (Å²) in [4.78, 5) is 8.90. The van der Waals surface area contributed by atoms with E-state index in [9.17, 15) is 0 Å². The van der Waals surface area contributed by atoms with Crippen LogP contribution in [-0.4, -0.2) is 11.7 Å². The molecule has 1 heterocycles. The van der Waals surface area contributed by atoms with E-state index in [1.54, 1.807) is 0 Å². The summed E-state index contributed by atoms with van der Waals surface area (Å²) in [6.07, 6.45) is 0. The Morgan fingerprint density at radius 2 is 1.84 bits per heavy atom. The molecule has 3 nitrogen and oxygen atoms in total. The maximum atomic E-state index is 6.00. The molecule has 94 valence electrons. The van der Waals surface area contributed by atoms with Gasteiger partial charge >= 0.3 is 0 Å². The molecule has 4 heteroatoms. The second kappa shape index (κ2) is 4.52. The molecule has 2 aromatic carbocycles. The molecular formula is C15H12ClN3. The van der Waals surface area contributed by atoms with Crippen LogP contribution in [0.2, 0.25) is 5.02 Å². The first-order valence-corrected chi connectivity index (χ1v) is 6.32. The number of hydrogen-bond acceptors (Lipinski definition) is 2. The van der Waals surface area contributed by atoms with Gasteiger partial charge in [0, 0.05) is 16.1 Å². The van der Waals surface area contributed by atoms with E-state index in [2.05, 4.69) is 9.98 Å². The van der Waals surface area contributed by atoms with Crippen LogP contribution in [0, 0.1) is 6.92 Å². The number of halogens is 1. The first-order valence-electron chi connectivity index (χ1n) is 5.94. The molecule has 1 aliphatic rings. The maximum Gasteiger partial charge on any atom is 0.162 e. The van der Waals surface area contributed by atoms with E-state index in [-0.39, 0.29) is 0 Å². The number of rotatable bonds is 1. The quantitative estimate of drug-likeness (QED) is 0.847. The molecule has 0 amide bonds. The van der Waals surface area contributed by atoms with Crippen molar-refractivity contribution in [1.29, 1.82) is 0 Å². The van der Waals surface area contributed by atoms with Gasteiger partial charge in [-0.1, -0.05) is 41.9 Å². The van der Waals surface area contributed by atoms with Gasteiger partial charge in [-0.15, -0.1) is 0 Å². The van der Waals surface area contributed by atoms with Crippen LogP contribution >= 0.6 is 11.6 Å². The van der Waals surface area contributed by atoms with Crippen molar-refractivity contribution in [3.05, 3.63) is 64.2 Å². The SMILES string of the molecule is Cc1ccc(Cl)cc1N=C1N=C(N)c2ccccc21. The first-order chi connectivity index (χ1) is 9.15. The molecule has 0 bridgehead atoms. The molecule has 0 saturated carbocycles. The predicted molar refractivity (Wildman–Crippen MR) is 79.6 cm³/mol. The maximum absolute atomic E-state index is 6.00. The summed E-state index contributed by atoms with van der Waals surface area (Å²) < 4.78 is 0. The number of aliphatic imine (C=N–C) groups is 2. The van der Waals surface area contributed by atoms with Gasteiger partial charge in [-0.2, -0.15) is 0 Å². The first kappa shape index (κ1) is 11.9. The van der Waals surface area contributed by atoms with E-state index >= 15 is 0 Å². The summed E-state index contributed by atoms with van der Waals surface area (Å²) in [5.41, 5.74) is 9.66. The number of nitrogens with two attached hydrogens (primary N) is 1. The highest BCUT2D eigenvalue weighted by molar-refractivity contribution is 6.31. The van der Waals surface area contributed by atoms with Crippen LogP contribution in [0.15, 0.2) is 52.4 Å². The Kier molecular flexibility index (Phi) is 2.84. The van der Waals surface area contributed by atoms with Gasteiger partial charge in [-0.25, -0.2) is 9.98 Å². The molecule has 0 unspecified atom stereocenters. The van der Waals surface area contributed by atoms with Crippen molar-refractivity contribution in [2.75, 3.05) is 0 Å². The highest BCUT2D eigenvalue weighted by atomic mass is 35.5. The average Bonchev–Trinajstić information content (AvgIpc) is 2.72. The molecular weight excluding hydrogens is 258 g/mol. The van der Waals surface area contributed by atoms with Gasteiger partial charge in [-0.3, -0.25) is 0 Å². The molecule has 0 aromatic heterocycles. The number of benzene rings is 2. The number of fused-ring (bicyclic) bond motifs is 1. The third-order valence-corrected chi connectivity index (χ3v) is 3.30. The molecule has 1 aliphatic heterocycles.